The van der Waals surface area contributed by atoms with Crippen LogP contribution < -0.4 is 0 Å². The summed E-state index contributed by atoms with van der Waals surface area (Å²) < 4.78 is 0. The molecule has 8 aromatic carbocycles. The lowest BCUT2D eigenvalue weighted by atomic mass is 9.71. The Morgan fingerprint density at radius 1 is 0.510 bits per heavy atom. The van der Waals surface area contributed by atoms with Crippen LogP contribution in [0.2, 0.25) is 0 Å². The van der Waals surface area contributed by atoms with Crippen molar-refractivity contribution in [2.75, 3.05) is 0 Å². The second kappa shape index (κ2) is 12.3. The van der Waals surface area contributed by atoms with Gasteiger partial charge < -0.3 is 0 Å². The van der Waals surface area contributed by atoms with Gasteiger partial charge in [0.2, 0.25) is 0 Å². The maximum absolute atomic E-state index is 2.55. The predicted molar refractivity (Wildman–Crippen MR) is 220 cm³/mol. The highest BCUT2D eigenvalue weighted by atomic mass is 14.3. The van der Waals surface area contributed by atoms with E-state index in [4.69, 9.17) is 0 Å². The lowest BCUT2D eigenvalue weighted by Gasteiger charge is -2.33. The topological polar surface area (TPSA) is 0 Å². The first kappa shape index (κ1) is 30.1. The Morgan fingerprint density at radius 2 is 1.18 bits per heavy atom. The predicted octanol–water partition coefficient (Wildman–Crippen LogP) is 14.3. The number of benzene rings is 8. The zero-order valence-electron chi connectivity index (χ0n) is 29.1. The minimum atomic E-state index is 0.343. The van der Waals surface area contributed by atoms with Crippen LogP contribution in [0.3, 0.4) is 0 Å². The van der Waals surface area contributed by atoms with Gasteiger partial charge in [0.25, 0.3) is 0 Å². The summed E-state index contributed by atoms with van der Waals surface area (Å²) in [4.78, 5) is 0. The molecule has 0 heteroatoms. The van der Waals surface area contributed by atoms with Crippen molar-refractivity contribution >= 4 is 48.7 Å². The smallest absolute Gasteiger partial charge is 0.00648 e. The second-order valence-electron chi connectivity index (χ2n) is 14.7. The molecule has 0 radical (unpaired) electrons. The van der Waals surface area contributed by atoms with E-state index in [1.807, 2.05) is 0 Å². The maximum Gasteiger partial charge on any atom is 0.00648 e. The van der Waals surface area contributed by atoms with Crippen molar-refractivity contribution in [2.24, 2.45) is 0 Å². The Kier molecular flexibility index (Phi) is 7.24. The van der Waals surface area contributed by atoms with Crippen LogP contribution in [0.25, 0.3) is 70.9 Å². The minimum Gasteiger partial charge on any atom is -0.0830 e. The van der Waals surface area contributed by atoms with Gasteiger partial charge in [-0.2, -0.15) is 0 Å². The highest BCUT2D eigenvalue weighted by molar-refractivity contribution is 6.14. The van der Waals surface area contributed by atoms with Gasteiger partial charge >= 0.3 is 0 Å². The fourth-order valence-corrected chi connectivity index (χ4v) is 9.06. The lowest BCUT2D eigenvalue weighted by Crippen LogP contribution is -2.15. The molecule has 0 aromatic heterocycles. The summed E-state index contributed by atoms with van der Waals surface area (Å²) in [5.74, 6) is 0.957. The largest absolute Gasteiger partial charge is 0.0830 e. The van der Waals surface area contributed by atoms with Crippen molar-refractivity contribution in [1.82, 2.24) is 0 Å². The molecule has 0 amide bonds. The fourth-order valence-electron chi connectivity index (χ4n) is 9.06. The Morgan fingerprint density at radius 3 is 2.04 bits per heavy atom. The lowest BCUT2D eigenvalue weighted by molar-refractivity contribution is 0.417. The molecule has 8 aromatic rings. The van der Waals surface area contributed by atoms with E-state index in [-0.39, 0.29) is 0 Å². The van der Waals surface area contributed by atoms with Crippen LogP contribution in [0.4, 0.5) is 0 Å². The Bertz CT molecular complexity index is 2720. The third-order valence-corrected chi connectivity index (χ3v) is 11.8. The van der Waals surface area contributed by atoms with Crippen molar-refractivity contribution in [3.05, 3.63) is 186 Å². The molecular formula is C51H40. The molecule has 1 unspecified atom stereocenters. The van der Waals surface area contributed by atoms with Crippen molar-refractivity contribution in [1.29, 1.82) is 0 Å². The first-order chi connectivity index (χ1) is 25.2. The van der Waals surface area contributed by atoms with Crippen molar-refractivity contribution in [3.63, 3.8) is 0 Å². The Labute approximate surface area is 300 Å². The van der Waals surface area contributed by atoms with Gasteiger partial charge in [-0.1, -0.05) is 158 Å². The van der Waals surface area contributed by atoms with Gasteiger partial charge in [0, 0.05) is 5.92 Å². The first-order valence-corrected chi connectivity index (χ1v) is 18.6. The van der Waals surface area contributed by atoms with Gasteiger partial charge in [-0.3, -0.25) is 0 Å². The molecule has 2 aliphatic carbocycles. The molecule has 51 heavy (non-hydrogen) atoms. The van der Waals surface area contributed by atoms with Crippen LogP contribution >= 0.6 is 0 Å². The van der Waals surface area contributed by atoms with E-state index in [1.165, 1.54) is 107 Å². The zero-order valence-corrected chi connectivity index (χ0v) is 29.1. The van der Waals surface area contributed by atoms with Crippen LogP contribution in [-0.2, 0) is 0 Å². The molecule has 0 saturated heterocycles. The van der Waals surface area contributed by atoms with Crippen LogP contribution in [0.1, 0.15) is 59.8 Å². The average Bonchev–Trinajstić information content (AvgIpc) is 3.17. The number of allylic oxidation sites excluding steroid dienone is 4. The highest BCUT2D eigenvalue weighted by Gasteiger charge is 2.29. The number of fused-ring (bicyclic) bond motifs is 6. The van der Waals surface area contributed by atoms with Crippen molar-refractivity contribution in [2.45, 2.75) is 44.4 Å². The summed E-state index contributed by atoms with van der Waals surface area (Å²) in [7, 11) is 0. The molecule has 1 fully saturated rings. The average molecular weight is 653 g/mol. The van der Waals surface area contributed by atoms with Gasteiger partial charge in [0.05, 0.1) is 0 Å². The summed E-state index contributed by atoms with van der Waals surface area (Å²) in [5, 5.41) is 10.6. The van der Waals surface area contributed by atoms with E-state index in [0.29, 0.717) is 11.8 Å². The summed E-state index contributed by atoms with van der Waals surface area (Å²) in [6.45, 7) is 2.29. The van der Waals surface area contributed by atoms with E-state index in [0.717, 1.165) is 6.42 Å². The van der Waals surface area contributed by atoms with Gasteiger partial charge in [0.1, 0.15) is 0 Å². The minimum absolute atomic E-state index is 0.343. The molecule has 0 N–H and O–H groups in total. The normalized spacial score (nSPS) is 16.2. The highest BCUT2D eigenvalue weighted by Crippen LogP contribution is 2.48. The van der Waals surface area contributed by atoms with Gasteiger partial charge in [-0.25, -0.2) is 0 Å². The van der Waals surface area contributed by atoms with Gasteiger partial charge in [0.15, 0.2) is 0 Å². The number of rotatable bonds is 5. The summed E-state index contributed by atoms with van der Waals surface area (Å²) in [6, 6.07) is 54.6. The second-order valence-corrected chi connectivity index (χ2v) is 14.7. The van der Waals surface area contributed by atoms with E-state index < -0.39 is 0 Å². The molecular weight excluding hydrogens is 613 g/mol. The Balaban J connectivity index is 1.05. The quantitative estimate of drug-likeness (QED) is 0.162. The third-order valence-electron chi connectivity index (χ3n) is 11.8. The third kappa shape index (κ3) is 5.12. The van der Waals surface area contributed by atoms with Crippen LogP contribution in [0, 0.1) is 6.92 Å². The number of hydrogen-bond donors (Lipinski definition) is 0. The van der Waals surface area contributed by atoms with Crippen LogP contribution in [0.5, 0.6) is 0 Å². The van der Waals surface area contributed by atoms with E-state index in [2.05, 4.69) is 171 Å². The maximum atomic E-state index is 2.55. The molecule has 1 saturated carbocycles. The summed E-state index contributed by atoms with van der Waals surface area (Å²) in [6.07, 6.45) is 12.2. The number of aryl methyl sites for hydroxylation is 1. The molecule has 10 rings (SSSR count). The van der Waals surface area contributed by atoms with Crippen molar-refractivity contribution < 1.29 is 0 Å². The molecule has 244 valence electrons. The molecule has 0 heterocycles. The molecule has 0 aliphatic heterocycles. The monoisotopic (exact) mass is 652 g/mol. The standard InChI is InChI=1S/C51H40/c1-33-29-40-12-3-5-20-44(40)47-22-10-23-48(50(33)47)49-24-9-21-46(51(49)35-13-6-14-35)41-18-8-17-38(31-41)36-15-7-16-37(30-36)39-27-28-45-42(32-39)26-25-34-11-2-4-19-43(34)45/h2-5,7-12,15-17,19-32,35,41H,6,13-14,18H2,1H3. The van der Waals surface area contributed by atoms with Crippen molar-refractivity contribution in [3.8, 4) is 22.3 Å². The van der Waals surface area contributed by atoms with Gasteiger partial charge in [-0.05, 0) is 137 Å². The summed E-state index contributed by atoms with van der Waals surface area (Å²) >= 11 is 0. The van der Waals surface area contributed by atoms with E-state index in [9.17, 15) is 0 Å². The SMILES string of the molecule is Cc1cc2ccccc2c2cccc(-c3cccc(C4C=C(c5cccc(-c6ccc7c(ccc8ccccc87)c6)c5)C=CC4)c3C3CCC3)c12. The fraction of sp³-hybridized carbons (Fsp3) is 0.137. The zero-order chi connectivity index (χ0) is 33.9. The molecule has 0 bridgehead atoms. The first-order valence-electron chi connectivity index (χ1n) is 18.6. The Hall–Kier alpha value is -5.72. The van der Waals surface area contributed by atoms with Crippen LogP contribution in [0.15, 0.2) is 164 Å². The van der Waals surface area contributed by atoms with Gasteiger partial charge in [-0.15, -0.1) is 0 Å². The molecule has 2 aliphatic rings. The molecule has 0 nitrogen and oxygen atoms in total. The van der Waals surface area contributed by atoms with E-state index >= 15 is 0 Å². The molecule has 0 spiro atoms. The number of hydrogen-bond acceptors (Lipinski definition) is 0. The van der Waals surface area contributed by atoms with Crippen LogP contribution in [-0.4, -0.2) is 0 Å². The van der Waals surface area contributed by atoms with E-state index in [1.54, 1.807) is 5.56 Å². The molecule has 1 atom stereocenters. The summed E-state index contributed by atoms with van der Waals surface area (Å²) in [5.41, 5.74) is 12.4.